The van der Waals surface area contributed by atoms with Gasteiger partial charge in [-0.05, 0) is 19.9 Å². The molecule has 3 N–H and O–H groups in total. The van der Waals surface area contributed by atoms with Gasteiger partial charge >= 0.3 is 0 Å². The molecule has 0 radical (unpaired) electrons. The van der Waals surface area contributed by atoms with Crippen molar-refractivity contribution in [2.75, 3.05) is 45.1 Å². The van der Waals surface area contributed by atoms with Crippen molar-refractivity contribution in [1.82, 2.24) is 15.2 Å². The minimum absolute atomic E-state index is 0.0753. The maximum Gasteiger partial charge on any atom is 0.263 e. The zero-order valence-corrected chi connectivity index (χ0v) is 12.0. The molecule has 0 atom stereocenters. The van der Waals surface area contributed by atoms with Gasteiger partial charge in [-0.25, -0.2) is 4.98 Å². The van der Waals surface area contributed by atoms with Gasteiger partial charge in [0.2, 0.25) is 0 Å². The molecule has 0 spiro atoms. The number of nitrogen functional groups attached to an aromatic ring is 1. The number of carbonyl (C=O) groups is 1. The highest BCUT2D eigenvalue weighted by molar-refractivity contribution is 7.17. The standard InChI is InChI=1S/C12H20N4O2S/c1-9-10(19-12(13)15-9)11(17)14-3-2-4-16-5-7-18-8-6-16/h2-8H2,1H3,(H2,13,15)(H,14,17). The third-order valence-corrected chi connectivity index (χ3v) is 4.05. The molecule has 2 rings (SSSR count). The second-order valence-corrected chi connectivity index (χ2v) is 5.56. The van der Waals surface area contributed by atoms with Gasteiger partial charge in [-0.15, -0.1) is 0 Å². The summed E-state index contributed by atoms with van der Waals surface area (Å²) in [6.07, 6.45) is 0.944. The minimum Gasteiger partial charge on any atom is -0.379 e. The molecule has 0 aliphatic carbocycles. The Morgan fingerprint density at radius 1 is 1.53 bits per heavy atom. The molecule has 0 bridgehead atoms. The zero-order chi connectivity index (χ0) is 13.7. The highest BCUT2D eigenvalue weighted by Crippen LogP contribution is 2.19. The zero-order valence-electron chi connectivity index (χ0n) is 11.1. The summed E-state index contributed by atoms with van der Waals surface area (Å²) in [5.74, 6) is -0.0753. The predicted molar refractivity (Wildman–Crippen MR) is 75.5 cm³/mol. The van der Waals surface area contributed by atoms with Gasteiger partial charge < -0.3 is 15.8 Å². The first-order valence-corrected chi connectivity index (χ1v) is 7.29. The molecular formula is C12H20N4O2S. The largest absolute Gasteiger partial charge is 0.379 e. The van der Waals surface area contributed by atoms with E-state index in [1.165, 1.54) is 11.3 Å². The van der Waals surface area contributed by atoms with E-state index in [-0.39, 0.29) is 5.91 Å². The Hall–Kier alpha value is -1.18. The number of amides is 1. The lowest BCUT2D eigenvalue weighted by atomic mass is 10.3. The van der Waals surface area contributed by atoms with Gasteiger partial charge in [0.25, 0.3) is 5.91 Å². The van der Waals surface area contributed by atoms with Gasteiger partial charge in [0.1, 0.15) is 4.88 Å². The molecular weight excluding hydrogens is 264 g/mol. The third-order valence-electron chi connectivity index (χ3n) is 3.06. The van der Waals surface area contributed by atoms with Crippen LogP contribution >= 0.6 is 11.3 Å². The average Bonchev–Trinajstić information content (AvgIpc) is 2.75. The Balaban J connectivity index is 1.67. The molecule has 106 valence electrons. The van der Waals surface area contributed by atoms with Gasteiger partial charge in [-0.3, -0.25) is 9.69 Å². The number of nitrogens with two attached hydrogens (primary N) is 1. The summed E-state index contributed by atoms with van der Waals surface area (Å²) in [5, 5.41) is 3.35. The quantitative estimate of drug-likeness (QED) is 0.769. The van der Waals surface area contributed by atoms with Crippen LogP contribution in [0.4, 0.5) is 5.13 Å². The summed E-state index contributed by atoms with van der Waals surface area (Å²) >= 11 is 1.24. The van der Waals surface area contributed by atoms with Gasteiger partial charge in [-0.2, -0.15) is 0 Å². The number of aryl methyl sites for hydroxylation is 1. The molecule has 0 unspecified atom stereocenters. The first-order chi connectivity index (χ1) is 9.16. The van der Waals surface area contributed by atoms with Crippen molar-refractivity contribution in [2.24, 2.45) is 0 Å². The maximum atomic E-state index is 11.9. The number of nitrogens with one attached hydrogen (secondary N) is 1. The normalized spacial score (nSPS) is 16.5. The highest BCUT2D eigenvalue weighted by atomic mass is 32.1. The number of morpholine rings is 1. The van der Waals surface area contributed by atoms with E-state index in [1.807, 2.05) is 0 Å². The highest BCUT2D eigenvalue weighted by Gasteiger charge is 2.14. The van der Waals surface area contributed by atoms with Crippen molar-refractivity contribution in [3.63, 3.8) is 0 Å². The molecule has 7 heteroatoms. The fraction of sp³-hybridized carbons (Fsp3) is 0.667. The van der Waals surface area contributed by atoms with Crippen LogP contribution in [0.15, 0.2) is 0 Å². The Morgan fingerprint density at radius 3 is 2.89 bits per heavy atom. The van der Waals surface area contributed by atoms with Crippen molar-refractivity contribution in [3.05, 3.63) is 10.6 Å². The Morgan fingerprint density at radius 2 is 2.26 bits per heavy atom. The second-order valence-electron chi connectivity index (χ2n) is 4.53. The van der Waals surface area contributed by atoms with E-state index in [4.69, 9.17) is 10.5 Å². The fourth-order valence-corrected chi connectivity index (χ4v) is 2.79. The smallest absolute Gasteiger partial charge is 0.263 e. The van der Waals surface area contributed by atoms with Gasteiger partial charge in [-0.1, -0.05) is 11.3 Å². The molecule has 0 saturated carbocycles. The Kier molecular flexibility index (Phi) is 5.12. The van der Waals surface area contributed by atoms with E-state index in [0.29, 0.717) is 22.2 Å². The lowest BCUT2D eigenvalue weighted by Gasteiger charge is -2.26. The van der Waals surface area contributed by atoms with Crippen LogP contribution in [0.1, 0.15) is 21.8 Å². The van der Waals surface area contributed by atoms with Crippen LogP contribution in [0.2, 0.25) is 0 Å². The van der Waals surface area contributed by atoms with E-state index < -0.39 is 0 Å². The monoisotopic (exact) mass is 284 g/mol. The van der Waals surface area contributed by atoms with Gasteiger partial charge in [0, 0.05) is 19.6 Å². The molecule has 19 heavy (non-hydrogen) atoms. The van der Waals surface area contributed by atoms with E-state index in [1.54, 1.807) is 6.92 Å². The topological polar surface area (TPSA) is 80.5 Å². The summed E-state index contributed by atoms with van der Waals surface area (Å²) in [4.78, 5) is 18.9. The van der Waals surface area contributed by atoms with Gasteiger partial charge in [0.15, 0.2) is 5.13 Å². The van der Waals surface area contributed by atoms with Crippen molar-refractivity contribution < 1.29 is 9.53 Å². The SMILES string of the molecule is Cc1nc(N)sc1C(=O)NCCCN1CCOCC1. The number of ether oxygens (including phenoxy) is 1. The maximum absolute atomic E-state index is 11.9. The van der Waals surface area contributed by atoms with E-state index in [9.17, 15) is 4.79 Å². The fourth-order valence-electron chi connectivity index (χ4n) is 2.04. The third kappa shape index (κ3) is 4.15. The first-order valence-electron chi connectivity index (χ1n) is 6.48. The molecule has 1 saturated heterocycles. The van der Waals surface area contributed by atoms with Crippen LogP contribution < -0.4 is 11.1 Å². The van der Waals surface area contributed by atoms with Crippen LogP contribution in [-0.2, 0) is 4.74 Å². The Labute approximate surface area is 116 Å². The summed E-state index contributed by atoms with van der Waals surface area (Å²) < 4.78 is 5.29. The minimum atomic E-state index is -0.0753. The molecule has 0 aromatic carbocycles. The van der Waals surface area contributed by atoms with Gasteiger partial charge in [0.05, 0.1) is 18.9 Å². The molecule has 6 nitrogen and oxygen atoms in total. The van der Waals surface area contributed by atoms with Crippen LogP contribution in [0.3, 0.4) is 0 Å². The van der Waals surface area contributed by atoms with Crippen molar-refractivity contribution in [2.45, 2.75) is 13.3 Å². The average molecular weight is 284 g/mol. The number of rotatable bonds is 5. The van der Waals surface area contributed by atoms with Crippen molar-refractivity contribution >= 4 is 22.4 Å². The molecule has 1 amide bonds. The Bertz CT molecular complexity index is 429. The number of hydrogen-bond acceptors (Lipinski definition) is 6. The van der Waals surface area contributed by atoms with Crippen LogP contribution in [0.25, 0.3) is 0 Å². The predicted octanol–water partition coefficient (Wildman–Crippen LogP) is 0.486. The summed E-state index contributed by atoms with van der Waals surface area (Å²) in [5.41, 5.74) is 6.28. The summed E-state index contributed by atoms with van der Waals surface area (Å²) in [6, 6.07) is 0. The summed E-state index contributed by atoms with van der Waals surface area (Å²) in [6.45, 7) is 7.06. The first kappa shape index (κ1) is 14.2. The molecule has 1 fully saturated rings. The van der Waals surface area contributed by atoms with Crippen LogP contribution in [0.5, 0.6) is 0 Å². The number of anilines is 1. The van der Waals surface area contributed by atoms with E-state index in [0.717, 1.165) is 39.3 Å². The molecule has 1 aliphatic heterocycles. The van der Waals surface area contributed by atoms with E-state index in [2.05, 4.69) is 15.2 Å². The lowest BCUT2D eigenvalue weighted by molar-refractivity contribution is 0.0374. The van der Waals surface area contributed by atoms with Crippen LogP contribution in [-0.4, -0.2) is 55.2 Å². The number of thiazole rings is 1. The second kappa shape index (κ2) is 6.83. The number of nitrogens with zero attached hydrogens (tertiary/aromatic N) is 2. The number of hydrogen-bond donors (Lipinski definition) is 2. The van der Waals surface area contributed by atoms with Crippen molar-refractivity contribution in [3.8, 4) is 0 Å². The number of carbonyl (C=O) groups excluding carboxylic acids is 1. The van der Waals surface area contributed by atoms with E-state index >= 15 is 0 Å². The van der Waals surface area contributed by atoms with Crippen molar-refractivity contribution in [1.29, 1.82) is 0 Å². The molecule has 2 heterocycles. The number of aromatic nitrogens is 1. The molecule has 1 aromatic rings. The summed E-state index contributed by atoms with van der Waals surface area (Å²) in [7, 11) is 0. The molecule has 1 aromatic heterocycles. The lowest BCUT2D eigenvalue weighted by Crippen LogP contribution is -2.38. The molecule has 1 aliphatic rings. The van der Waals surface area contributed by atoms with Crippen LogP contribution in [0, 0.1) is 6.92 Å².